The van der Waals surface area contributed by atoms with Crippen LogP contribution < -0.4 is 0 Å². The van der Waals surface area contributed by atoms with Gasteiger partial charge in [0.15, 0.2) is 0 Å². The first-order valence-electron chi connectivity index (χ1n) is 7.91. The van der Waals surface area contributed by atoms with E-state index in [4.69, 9.17) is 5.26 Å². The molecule has 3 rings (SSSR count). The SMILES string of the molecule is Cc1ncsc1CN(C)CC1CCN(Cc2cc(C#N)cs2)C1. The van der Waals surface area contributed by atoms with E-state index in [0.717, 1.165) is 44.2 Å². The highest BCUT2D eigenvalue weighted by molar-refractivity contribution is 7.10. The molecular weight excluding hydrogens is 324 g/mol. The number of nitriles is 1. The molecule has 0 N–H and O–H groups in total. The first kappa shape index (κ1) is 16.6. The number of hydrogen-bond acceptors (Lipinski definition) is 6. The van der Waals surface area contributed by atoms with Crippen LogP contribution in [0.4, 0.5) is 0 Å². The number of aromatic nitrogens is 1. The maximum Gasteiger partial charge on any atom is 0.100 e. The van der Waals surface area contributed by atoms with Gasteiger partial charge in [-0.15, -0.1) is 22.7 Å². The number of nitrogens with zero attached hydrogens (tertiary/aromatic N) is 4. The van der Waals surface area contributed by atoms with E-state index in [1.165, 1.54) is 21.9 Å². The van der Waals surface area contributed by atoms with Crippen molar-refractivity contribution in [3.8, 4) is 6.07 Å². The fraction of sp³-hybridized carbons (Fsp3) is 0.529. The van der Waals surface area contributed by atoms with Gasteiger partial charge in [0.25, 0.3) is 0 Å². The van der Waals surface area contributed by atoms with Crippen molar-refractivity contribution < 1.29 is 0 Å². The van der Waals surface area contributed by atoms with Crippen LogP contribution in [0.3, 0.4) is 0 Å². The van der Waals surface area contributed by atoms with E-state index < -0.39 is 0 Å². The molecule has 23 heavy (non-hydrogen) atoms. The van der Waals surface area contributed by atoms with E-state index in [2.05, 4.69) is 34.8 Å². The van der Waals surface area contributed by atoms with Crippen molar-refractivity contribution in [3.05, 3.63) is 38.0 Å². The van der Waals surface area contributed by atoms with E-state index >= 15 is 0 Å². The minimum atomic E-state index is 0.739. The quantitative estimate of drug-likeness (QED) is 0.804. The van der Waals surface area contributed by atoms with Crippen LogP contribution in [-0.2, 0) is 13.1 Å². The molecule has 0 spiro atoms. The second-order valence-corrected chi connectivity index (χ2v) is 8.30. The first-order chi connectivity index (χ1) is 11.1. The van der Waals surface area contributed by atoms with Gasteiger partial charge in [-0.1, -0.05) is 0 Å². The summed E-state index contributed by atoms with van der Waals surface area (Å²) in [5.41, 5.74) is 3.90. The molecule has 2 aromatic heterocycles. The van der Waals surface area contributed by atoms with Gasteiger partial charge in [0.05, 0.1) is 16.8 Å². The molecule has 2 aromatic rings. The van der Waals surface area contributed by atoms with Gasteiger partial charge in [-0.05, 0) is 38.9 Å². The van der Waals surface area contributed by atoms with Crippen molar-refractivity contribution in [2.75, 3.05) is 26.7 Å². The van der Waals surface area contributed by atoms with Crippen LogP contribution in [0.2, 0.25) is 0 Å². The minimum Gasteiger partial charge on any atom is -0.301 e. The molecule has 1 atom stereocenters. The highest BCUT2D eigenvalue weighted by atomic mass is 32.1. The molecule has 1 saturated heterocycles. The summed E-state index contributed by atoms with van der Waals surface area (Å²) in [6, 6.07) is 4.24. The van der Waals surface area contributed by atoms with Crippen LogP contribution in [0.15, 0.2) is 17.0 Å². The van der Waals surface area contributed by atoms with Crippen molar-refractivity contribution in [2.45, 2.75) is 26.4 Å². The summed E-state index contributed by atoms with van der Waals surface area (Å²) in [6.07, 6.45) is 1.27. The third-order valence-electron chi connectivity index (χ3n) is 4.36. The number of likely N-dealkylation sites (tertiary alicyclic amines) is 1. The Morgan fingerprint density at radius 3 is 3.04 bits per heavy atom. The molecule has 0 radical (unpaired) electrons. The van der Waals surface area contributed by atoms with Crippen LogP contribution >= 0.6 is 22.7 Å². The summed E-state index contributed by atoms with van der Waals surface area (Å²) in [6.45, 7) is 7.54. The lowest BCUT2D eigenvalue weighted by atomic mass is 10.1. The lowest BCUT2D eigenvalue weighted by molar-refractivity contribution is 0.256. The average molecular weight is 347 g/mol. The van der Waals surface area contributed by atoms with Gasteiger partial charge < -0.3 is 4.90 Å². The number of thiophene rings is 1. The zero-order valence-electron chi connectivity index (χ0n) is 13.7. The second-order valence-electron chi connectivity index (χ2n) is 6.36. The van der Waals surface area contributed by atoms with Gasteiger partial charge in [-0.25, -0.2) is 4.98 Å². The van der Waals surface area contributed by atoms with Crippen LogP contribution in [0, 0.1) is 24.2 Å². The van der Waals surface area contributed by atoms with Crippen molar-refractivity contribution >= 4 is 22.7 Å². The lowest BCUT2D eigenvalue weighted by Gasteiger charge is -2.21. The highest BCUT2D eigenvalue weighted by Crippen LogP contribution is 2.23. The third kappa shape index (κ3) is 4.39. The van der Waals surface area contributed by atoms with Gasteiger partial charge in [0, 0.05) is 41.3 Å². The molecule has 4 nitrogen and oxygen atoms in total. The molecule has 1 aliphatic rings. The summed E-state index contributed by atoms with van der Waals surface area (Å²) in [4.78, 5) is 12.0. The largest absolute Gasteiger partial charge is 0.301 e. The zero-order chi connectivity index (χ0) is 16.2. The lowest BCUT2D eigenvalue weighted by Crippen LogP contribution is -2.27. The number of hydrogen-bond donors (Lipinski definition) is 0. The maximum absolute atomic E-state index is 8.91. The molecule has 6 heteroatoms. The molecule has 122 valence electrons. The Bertz CT molecular complexity index is 685. The Morgan fingerprint density at radius 2 is 2.35 bits per heavy atom. The van der Waals surface area contributed by atoms with E-state index in [9.17, 15) is 0 Å². The summed E-state index contributed by atoms with van der Waals surface area (Å²) in [5.74, 6) is 0.739. The monoisotopic (exact) mass is 346 g/mol. The van der Waals surface area contributed by atoms with Crippen molar-refractivity contribution in [1.29, 1.82) is 5.26 Å². The van der Waals surface area contributed by atoms with Crippen molar-refractivity contribution in [2.24, 2.45) is 5.92 Å². The van der Waals surface area contributed by atoms with E-state index in [1.54, 1.807) is 22.7 Å². The summed E-state index contributed by atoms with van der Waals surface area (Å²) >= 11 is 3.45. The Balaban J connectivity index is 1.46. The molecule has 0 amide bonds. The molecule has 0 saturated carbocycles. The molecule has 1 fully saturated rings. The predicted molar refractivity (Wildman–Crippen MR) is 95.6 cm³/mol. The standard InChI is InChI=1S/C17H22N4S2/c1-13-17(23-12-19-13)10-20(2)7-14-3-4-21(8-14)9-16-5-15(6-18)11-22-16/h5,11-12,14H,3-4,7-10H2,1-2H3. The van der Waals surface area contributed by atoms with Gasteiger partial charge in [-0.2, -0.15) is 5.26 Å². The fourth-order valence-electron chi connectivity index (χ4n) is 3.18. The Labute approximate surface area is 146 Å². The Hall–Kier alpha value is -1.26. The smallest absolute Gasteiger partial charge is 0.100 e. The second kappa shape index (κ2) is 7.54. The number of aryl methyl sites for hydroxylation is 1. The van der Waals surface area contributed by atoms with Crippen molar-refractivity contribution in [3.63, 3.8) is 0 Å². The zero-order valence-corrected chi connectivity index (χ0v) is 15.3. The highest BCUT2D eigenvalue weighted by Gasteiger charge is 2.24. The Morgan fingerprint density at radius 1 is 1.48 bits per heavy atom. The van der Waals surface area contributed by atoms with E-state index in [1.807, 2.05) is 17.0 Å². The van der Waals surface area contributed by atoms with Crippen LogP contribution in [0.1, 0.15) is 27.4 Å². The molecule has 1 unspecified atom stereocenters. The summed E-state index contributed by atoms with van der Waals surface area (Å²) < 4.78 is 0. The molecule has 3 heterocycles. The van der Waals surface area contributed by atoms with Crippen LogP contribution in [0.5, 0.6) is 0 Å². The molecule has 0 bridgehead atoms. The van der Waals surface area contributed by atoms with Gasteiger partial charge in [0.2, 0.25) is 0 Å². The van der Waals surface area contributed by atoms with Crippen molar-refractivity contribution in [1.82, 2.24) is 14.8 Å². The maximum atomic E-state index is 8.91. The molecule has 1 aliphatic heterocycles. The van der Waals surface area contributed by atoms with Gasteiger partial charge in [-0.3, -0.25) is 4.90 Å². The minimum absolute atomic E-state index is 0.739. The van der Waals surface area contributed by atoms with Crippen LogP contribution in [-0.4, -0.2) is 41.5 Å². The summed E-state index contributed by atoms with van der Waals surface area (Å²) in [7, 11) is 2.21. The predicted octanol–water partition coefficient (Wildman–Crippen LogP) is 3.34. The normalized spacial score (nSPS) is 18.6. The molecule has 0 aliphatic carbocycles. The summed E-state index contributed by atoms with van der Waals surface area (Å²) in [5, 5.41) is 10.9. The first-order valence-corrected chi connectivity index (χ1v) is 9.67. The van der Waals surface area contributed by atoms with Gasteiger partial charge in [0.1, 0.15) is 6.07 Å². The van der Waals surface area contributed by atoms with Gasteiger partial charge >= 0.3 is 0 Å². The number of rotatable bonds is 6. The third-order valence-corrected chi connectivity index (χ3v) is 6.20. The number of thiazole rings is 1. The fourth-order valence-corrected chi connectivity index (χ4v) is 4.88. The van der Waals surface area contributed by atoms with Crippen LogP contribution in [0.25, 0.3) is 0 Å². The Kier molecular flexibility index (Phi) is 5.44. The topological polar surface area (TPSA) is 43.2 Å². The molecular formula is C17H22N4S2. The van der Waals surface area contributed by atoms with E-state index in [-0.39, 0.29) is 0 Å². The van der Waals surface area contributed by atoms with E-state index in [0.29, 0.717) is 0 Å². The molecule has 0 aromatic carbocycles. The average Bonchev–Trinajstić information content (AvgIpc) is 3.23.